The first-order valence-corrected chi connectivity index (χ1v) is 11.2. The van der Waals surface area contributed by atoms with Crippen LogP contribution >= 0.6 is 11.3 Å². The summed E-state index contributed by atoms with van der Waals surface area (Å²) in [6.45, 7) is 7.40. The number of rotatable bonds is 7. The monoisotopic (exact) mass is 489 g/mol. The molecule has 0 amide bonds. The van der Waals surface area contributed by atoms with E-state index in [1.165, 1.54) is 6.21 Å². The van der Waals surface area contributed by atoms with Crippen LogP contribution < -0.4 is 11.2 Å². The smallest absolute Gasteiger partial charge is 0.459 e. The summed E-state index contributed by atoms with van der Waals surface area (Å²) in [4.78, 5) is 42.9. The molecule has 2 unspecified atom stereocenters. The maximum Gasteiger partial charge on any atom is 0.522 e. The summed E-state index contributed by atoms with van der Waals surface area (Å²) in [6.07, 6.45) is -2.77. The average Bonchev–Trinajstić information content (AvgIpc) is 3.26. The molecule has 1 aliphatic rings. The summed E-state index contributed by atoms with van der Waals surface area (Å²) in [5, 5.41) is 0.254. The van der Waals surface area contributed by atoms with E-state index in [1.54, 1.807) is 27.7 Å². The molecule has 182 valence electrons. The quantitative estimate of drug-likeness (QED) is 0.439. The molecule has 1 aliphatic carbocycles. The van der Waals surface area contributed by atoms with Gasteiger partial charge in [-0.2, -0.15) is 0 Å². The van der Waals surface area contributed by atoms with Gasteiger partial charge in [0.1, 0.15) is 17.0 Å². The van der Waals surface area contributed by atoms with E-state index in [-0.39, 0.29) is 35.3 Å². The zero-order valence-electron chi connectivity index (χ0n) is 19.0. The van der Waals surface area contributed by atoms with E-state index >= 15 is 0 Å². The molecule has 12 heteroatoms. The number of thiophene rings is 1. The number of hydrogen-bond acceptors (Lipinski definition) is 7. The van der Waals surface area contributed by atoms with Crippen molar-refractivity contribution in [3.05, 3.63) is 31.3 Å². The fourth-order valence-corrected chi connectivity index (χ4v) is 4.70. The van der Waals surface area contributed by atoms with Crippen molar-refractivity contribution >= 4 is 33.7 Å². The van der Waals surface area contributed by atoms with Crippen LogP contribution in [-0.4, -0.2) is 46.4 Å². The number of halogens is 3. The van der Waals surface area contributed by atoms with E-state index in [9.17, 15) is 27.6 Å². The molecule has 0 aliphatic heterocycles. The number of hydrogen-bond donors (Lipinski definition) is 0. The number of nitrogens with zero attached hydrogens (tertiary/aromatic N) is 3. The summed E-state index contributed by atoms with van der Waals surface area (Å²) < 4.78 is 48.7. The highest BCUT2D eigenvalue weighted by molar-refractivity contribution is 7.20. The van der Waals surface area contributed by atoms with Crippen molar-refractivity contribution in [2.75, 3.05) is 13.2 Å². The molecule has 2 aromatic rings. The normalized spacial score (nSPS) is 18.9. The van der Waals surface area contributed by atoms with Crippen LogP contribution in [-0.2, 0) is 20.8 Å². The Bertz CT molecular complexity index is 1200. The van der Waals surface area contributed by atoms with Crippen molar-refractivity contribution in [1.82, 2.24) is 9.13 Å². The minimum absolute atomic E-state index is 0.126. The van der Waals surface area contributed by atoms with Gasteiger partial charge in [0.15, 0.2) is 0 Å². The van der Waals surface area contributed by atoms with Gasteiger partial charge in [-0.15, -0.1) is 24.5 Å². The topological polar surface area (TPSA) is 91.9 Å². The third kappa shape index (κ3) is 5.91. The molecule has 8 nitrogen and oxygen atoms in total. The Morgan fingerprint density at radius 1 is 1.27 bits per heavy atom. The van der Waals surface area contributed by atoms with Crippen LogP contribution in [0.2, 0.25) is 0 Å². The van der Waals surface area contributed by atoms with Crippen molar-refractivity contribution in [3.8, 4) is 0 Å². The molecule has 2 aromatic heterocycles. The third-order valence-corrected chi connectivity index (χ3v) is 6.36. The molecule has 0 bridgehead atoms. The molecule has 33 heavy (non-hydrogen) atoms. The first kappa shape index (κ1) is 25.2. The fourth-order valence-electron chi connectivity index (χ4n) is 3.49. The SMILES string of the molecule is Cc1c(C=NCC(=O)OC(C)(C)C)sc2c1c(=O)n(C1CC1C)c(=O)n2CCOC(F)(F)F. The number of aliphatic imine (C=N–C) groups is 1. The van der Waals surface area contributed by atoms with Gasteiger partial charge >= 0.3 is 18.0 Å². The predicted molar refractivity (Wildman–Crippen MR) is 118 cm³/mol. The largest absolute Gasteiger partial charge is 0.522 e. The fraction of sp³-hybridized carbons (Fsp3) is 0.619. The Morgan fingerprint density at radius 2 is 1.91 bits per heavy atom. The van der Waals surface area contributed by atoms with Gasteiger partial charge in [0.2, 0.25) is 0 Å². The molecule has 3 rings (SSSR count). The lowest BCUT2D eigenvalue weighted by atomic mass is 10.2. The lowest BCUT2D eigenvalue weighted by Gasteiger charge is -2.18. The number of carbonyl (C=O) groups is 1. The number of alkyl halides is 3. The maximum absolute atomic E-state index is 13.2. The zero-order chi connectivity index (χ0) is 24.7. The van der Waals surface area contributed by atoms with Crippen LogP contribution in [0.25, 0.3) is 10.2 Å². The summed E-state index contributed by atoms with van der Waals surface area (Å²) in [5.41, 5.74) is -1.25. The molecule has 2 heterocycles. The molecule has 0 spiro atoms. The third-order valence-electron chi connectivity index (χ3n) is 5.11. The first-order valence-electron chi connectivity index (χ1n) is 10.4. The lowest BCUT2D eigenvalue weighted by Crippen LogP contribution is -2.40. The van der Waals surface area contributed by atoms with Crippen molar-refractivity contribution in [1.29, 1.82) is 0 Å². The zero-order valence-corrected chi connectivity index (χ0v) is 19.8. The standard InChI is InChI=1S/C21H26F3N3O5S/c1-11-8-13(11)27-17(29)16-12(2)14(9-25-10-15(28)32-20(3,4)5)33-18(16)26(19(27)30)6-7-31-21(22,23)24/h9,11,13H,6-8,10H2,1-5H3. The Kier molecular flexibility index (Phi) is 6.90. The van der Waals surface area contributed by atoms with Crippen molar-refractivity contribution < 1.29 is 27.4 Å². The molecule has 0 saturated heterocycles. The number of esters is 1. The number of aryl methyl sites for hydroxylation is 1. The second-order valence-corrected chi connectivity index (χ2v) is 10.0. The molecule has 0 radical (unpaired) electrons. The van der Waals surface area contributed by atoms with Gasteiger partial charge in [-0.1, -0.05) is 6.92 Å². The summed E-state index contributed by atoms with van der Waals surface area (Å²) in [6, 6.07) is -0.284. The second kappa shape index (κ2) is 9.05. The van der Waals surface area contributed by atoms with Gasteiger partial charge in [0.25, 0.3) is 5.56 Å². The van der Waals surface area contributed by atoms with Crippen molar-refractivity contribution in [2.45, 2.75) is 65.6 Å². The van der Waals surface area contributed by atoms with Crippen LogP contribution in [0.3, 0.4) is 0 Å². The molecule has 0 aromatic carbocycles. The summed E-state index contributed by atoms with van der Waals surface area (Å²) >= 11 is 1.05. The first-order chi connectivity index (χ1) is 15.2. The van der Waals surface area contributed by atoms with Crippen LogP contribution in [0.4, 0.5) is 13.2 Å². The summed E-state index contributed by atoms with van der Waals surface area (Å²) in [7, 11) is 0. The van der Waals surface area contributed by atoms with E-state index in [0.717, 1.165) is 20.5 Å². The predicted octanol–water partition coefficient (Wildman–Crippen LogP) is 3.41. The van der Waals surface area contributed by atoms with Gasteiger partial charge in [-0.05, 0) is 45.6 Å². The number of ether oxygens (including phenoxy) is 2. The highest BCUT2D eigenvalue weighted by Crippen LogP contribution is 2.41. The Hall–Kier alpha value is -2.47. The Labute approximate surface area is 191 Å². The molecular formula is C21H26F3N3O5S. The van der Waals surface area contributed by atoms with Crippen molar-refractivity contribution in [3.63, 3.8) is 0 Å². The molecule has 0 N–H and O–H groups in total. The summed E-state index contributed by atoms with van der Waals surface area (Å²) in [5.74, 6) is -0.398. The Morgan fingerprint density at radius 3 is 2.45 bits per heavy atom. The van der Waals surface area contributed by atoms with Crippen molar-refractivity contribution in [2.24, 2.45) is 10.9 Å². The lowest BCUT2D eigenvalue weighted by molar-refractivity contribution is -0.325. The molecule has 1 saturated carbocycles. The van der Waals surface area contributed by atoms with E-state index in [1.807, 2.05) is 6.92 Å². The van der Waals surface area contributed by atoms with Crippen LogP contribution in [0.5, 0.6) is 0 Å². The number of fused-ring (bicyclic) bond motifs is 1. The number of carbonyl (C=O) groups excluding carboxylic acids is 1. The van der Waals surface area contributed by atoms with Gasteiger partial charge < -0.3 is 4.74 Å². The highest BCUT2D eigenvalue weighted by Gasteiger charge is 2.38. The highest BCUT2D eigenvalue weighted by atomic mass is 32.1. The van der Waals surface area contributed by atoms with Crippen LogP contribution in [0.1, 0.15) is 50.6 Å². The Balaban J connectivity index is 2.00. The van der Waals surface area contributed by atoms with Crippen LogP contribution in [0, 0.1) is 12.8 Å². The van der Waals surface area contributed by atoms with E-state index in [4.69, 9.17) is 4.74 Å². The average molecular weight is 490 g/mol. The van der Waals surface area contributed by atoms with E-state index < -0.39 is 35.8 Å². The minimum atomic E-state index is -4.83. The molecular weight excluding hydrogens is 463 g/mol. The van der Waals surface area contributed by atoms with Crippen LogP contribution in [0.15, 0.2) is 14.6 Å². The van der Waals surface area contributed by atoms with Gasteiger partial charge in [0, 0.05) is 12.3 Å². The van der Waals surface area contributed by atoms with E-state index in [2.05, 4.69) is 9.73 Å². The second-order valence-electron chi connectivity index (χ2n) is 9.01. The molecule has 1 fully saturated rings. The van der Waals surface area contributed by atoms with Gasteiger partial charge in [-0.25, -0.2) is 4.79 Å². The van der Waals surface area contributed by atoms with E-state index in [0.29, 0.717) is 16.9 Å². The van der Waals surface area contributed by atoms with Gasteiger partial charge in [-0.3, -0.25) is 28.5 Å². The minimum Gasteiger partial charge on any atom is -0.459 e. The maximum atomic E-state index is 13.2. The van der Waals surface area contributed by atoms with Gasteiger partial charge in [0.05, 0.1) is 23.4 Å². The molecule has 2 atom stereocenters. The number of aromatic nitrogens is 2.